The van der Waals surface area contributed by atoms with Gasteiger partial charge in [-0.25, -0.2) is 8.42 Å². The van der Waals surface area contributed by atoms with Gasteiger partial charge < -0.3 is 24.3 Å². The van der Waals surface area contributed by atoms with Gasteiger partial charge in [0.15, 0.2) is 6.61 Å². The van der Waals surface area contributed by atoms with Crippen molar-refractivity contribution >= 4 is 38.9 Å². The summed E-state index contributed by atoms with van der Waals surface area (Å²) in [6.07, 6.45) is -0.136. The zero-order valence-electron chi connectivity index (χ0n) is 17.7. The number of nitrogens with zero attached hydrogens (tertiary/aromatic N) is 1. The lowest BCUT2D eigenvalue weighted by Gasteiger charge is -2.25. The van der Waals surface area contributed by atoms with Crippen LogP contribution in [0.2, 0.25) is 0 Å². The maximum atomic E-state index is 12.7. The van der Waals surface area contributed by atoms with Gasteiger partial charge in [-0.3, -0.25) is 9.59 Å². The minimum absolute atomic E-state index is 0.136. The zero-order valence-corrected chi connectivity index (χ0v) is 19.3. The van der Waals surface area contributed by atoms with E-state index in [1.165, 1.54) is 24.6 Å². The van der Waals surface area contributed by atoms with E-state index < -0.39 is 28.5 Å². The number of nitrogens with one attached hydrogen (secondary N) is 1. The molecule has 0 unspecified atom stereocenters. The molecule has 2 aromatic rings. The fourth-order valence-corrected chi connectivity index (χ4v) is 5.84. The summed E-state index contributed by atoms with van der Waals surface area (Å²) in [4.78, 5) is 24.8. The number of anilines is 1. The fraction of sp³-hybridized carbons (Fsp3) is 0.400. The van der Waals surface area contributed by atoms with Gasteiger partial charge in [0.05, 0.1) is 39.5 Å². The topological polar surface area (TPSA) is 120 Å². The van der Waals surface area contributed by atoms with Crippen molar-refractivity contribution in [2.24, 2.45) is 0 Å². The number of carbonyl (C=O) groups excluding carboxylic acids is 2. The summed E-state index contributed by atoms with van der Waals surface area (Å²) in [5.41, 5.74) is 0.408. The van der Waals surface area contributed by atoms with Crippen LogP contribution < -0.4 is 14.8 Å². The normalized spacial score (nSPS) is 14.6. The van der Waals surface area contributed by atoms with E-state index in [4.69, 9.17) is 18.9 Å². The van der Waals surface area contributed by atoms with Crippen LogP contribution in [0.5, 0.6) is 11.5 Å². The van der Waals surface area contributed by atoms with Crippen LogP contribution in [0.25, 0.3) is 0 Å². The molecular formula is C20H24N2O8S2. The lowest BCUT2D eigenvalue weighted by Crippen LogP contribution is -2.40. The van der Waals surface area contributed by atoms with E-state index in [0.717, 1.165) is 11.3 Å². The van der Waals surface area contributed by atoms with Crippen LogP contribution in [-0.4, -0.2) is 71.7 Å². The second-order valence-electron chi connectivity index (χ2n) is 6.69. The molecule has 1 saturated heterocycles. The number of rotatable bonds is 9. The summed E-state index contributed by atoms with van der Waals surface area (Å²) < 4.78 is 47.4. The third kappa shape index (κ3) is 5.97. The number of hydrogen-bond acceptors (Lipinski definition) is 9. The number of thiophene rings is 1. The van der Waals surface area contributed by atoms with Crippen molar-refractivity contribution in [3.63, 3.8) is 0 Å². The van der Waals surface area contributed by atoms with Crippen LogP contribution in [0.4, 0.5) is 5.69 Å². The lowest BCUT2D eigenvalue weighted by atomic mass is 10.2. The summed E-state index contributed by atoms with van der Waals surface area (Å²) in [6, 6.07) is 7.92. The van der Waals surface area contributed by atoms with E-state index in [2.05, 4.69) is 5.32 Å². The number of carbonyl (C=O) groups is 2. The van der Waals surface area contributed by atoms with Gasteiger partial charge in [0, 0.05) is 24.0 Å². The molecule has 0 bridgehead atoms. The Hall–Kier alpha value is -2.67. The number of benzene rings is 1. The highest BCUT2D eigenvalue weighted by atomic mass is 32.2. The van der Waals surface area contributed by atoms with Crippen LogP contribution in [0.1, 0.15) is 4.88 Å². The quantitative estimate of drug-likeness (QED) is 0.532. The molecule has 1 aliphatic rings. The fourth-order valence-electron chi connectivity index (χ4n) is 2.93. The van der Waals surface area contributed by atoms with Gasteiger partial charge in [-0.1, -0.05) is 0 Å². The average Bonchev–Trinajstić information content (AvgIpc) is 3.28. The first-order valence-electron chi connectivity index (χ1n) is 9.67. The Bertz CT molecular complexity index is 1060. The first-order valence-corrected chi connectivity index (χ1v) is 11.9. The summed E-state index contributed by atoms with van der Waals surface area (Å²) in [5, 5.41) is 2.60. The predicted molar refractivity (Wildman–Crippen MR) is 117 cm³/mol. The Morgan fingerprint density at radius 2 is 1.88 bits per heavy atom. The minimum atomic E-state index is -3.61. The maximum Gasteiger partial charge on any atom is 0.311 e. The standard InChI is InChI=1S/C20H24N2O8S2/c1-27-14-3-5-16(17(11-14)28-2)21-18(23)13-30-19(24)12-15-4-6-20(31-15)32(25,26)22-7-9-29-10-8-22/h3-6,11H,7-10,12-13H2,1-2H3,(H,21,23). The number of methoxy groups -OCH3 is 2. The van der Waals surface area contributed by atoms with E-state index in [-0.39, 0.29) is 10.6 Å². The number of morpholine rings is 1. The van der Waals surface area contributed by atoms with Gasteiger partial charge in [0.25, 0.3) is 15.9 Å². The third-order valence-electron chi connectivity index (χ3n) is 4.57. The molecule has 0 saturated carbocycles. The molecule has 10 nitrogen and oxygen atoms in total. The van der Waals surface area contributed by atoms with E-state index in [1.54, 1.807) is 24.3 Å². The molecule has 1 fully saturated rings. The van der Waals surface area contributed by atoms with Gasteiger partial charge in [-0.2, -0.15) is 4.31 Å². The second kappa shape index (κ2) is 10.8. The summed E-state index contributed by atoms with van der Waals surface area (Å²) in [5.74, 6) is -0.212. The molecule has 1 N–H and O–H groups in total. The van der Waals surface area contributed by atoms with Crippen LogP contribution in [0, 0.1) is 0 Å². The molecule has 174 valence electrons. The van der Waals surface area contributed by atoms with Crippen molar-refractivity contribution in [1.29, 1.82) is 0 Å². The van der Waals surface area contributed by atoms with E-state index in [9.17, 15) is 18.0 Å². The Morgan fingerprint density at radius 1 is 1.12 bits per heavy atom. The monoisotopic (exact) mass is 484 g/mol. The van der Waals surface area contributed by atoms with Crippen molar-refractivity contribution in [2.45, 2.75) is 10.6 Å². The average molecular weight is 485 g/mol. The van der Waals surface area contributed by atoms with Crippen LogP contribution in [-0.2, 0) is 35.5 Å². The molecule has 32 heavy (non-hydrogen) atoms. The molecule has 0 radical (unpaired) electrons. The molecular weight excluding hydrogens is 460 g/mol. The molecule has 1 amide bonds. The maximum absolute atomic E-state index is 12.7. The van der Waals surface area contributed by atoms with E-state index in [1.807, 2.05) is 0 Å². The van der Waals surface area contributed by atoms with Crippen LogP contribution in [0.3, 0.4) is 0 Å². The lowest BCUT2D eigenvalue weighted by molar-refractivity contribution is -0.146. The van der Waals surface area contributed by atoms with Crippen molar-refractivity contribution in [1.82, 2.24) is 4.31 Å². The SMILES string of the molecule is COc1ccc(NC(=O)COC(=O)Cc2ccc(S(=O)(=O)N3CCOCC3)s2)c(OC)c1. The largest absolute Gasteiger partial charge is 0.497 e. The van der Waals surface area contributed by atoms with Crippen molar-refractivity contribution < 1.29 is 37.0 Å². The third-order valence-corrected chi connectivity index (χ3v) is 8.02. The van der Waals surface area contributed by atoms with Gasteiger partial charge in [-0.15, -0.1) is 11.3 Å². The summed E-state index contributed by atoms with van der Waals surface area (Å²) in [6.45, 7) is 0.818. The van der Waals surface area contributed by atoms with Gasteiger partial charge >= 0.3 is 5.97 Å². The Kier molecular flexibility index (Phi) is 8.07. The van der Waals surface area contributed by atoms with Gasteiger partial charge in [0.1, 0.15) is 15.7 Å². The molecule has 0 spiro atoms. The molecule has 1 aliphatic heterocycles. The molecule has 1 aromatic heterocycles. The number of hydrogen-bond donors (Lipinski definition) is 1. The Labute approximate surface area is 190 Å². The van der Waals surface area contributed by atoms with E-state index in [0.29, 0.717) is 48.4 Å². The number of amides is 1. The van der Waals surface area contributed by atoms with Crippen molar-refractivity contribution in [2.75, 3.05) is 52.4 Å². The molecule has 12 heteroatoms. The zero-order chi connectivity index (χ0) is 23.1. The highest BCUT2D eigenvalue weighted by Crippen LogP contribution is 2.29. The summed E-state index contributed by atoms with van der Waals surface area (Å²) >= 11 is 1.01. The van der Waals surface area contributed by atoms with Gasteiger partial charge in [-0.05, 0) is 24.3 Å². The molecule has 0 atom stereocenters. The highest BCUT2D eigenvalue weighted by molar-refractivity contribution is 7.91. The minimum Gasteiger partial charge on any atom is -0.497 e. The molecule has 2 heterocycles. The highest BCUT2D eigenvalue weighted by Gasteiger charge is 2.28. The van der Waals surface area contributed by atoms with Crippen LogP contribution in [0.15, 0.2) is 34.5 Å². The summed E-state index contributed by atoms with van der Waals surface area (Å²) in [7, 11) is -0.642. The number of ether oxygens (including phenoxy) is 4. The first-order chi connectivity index (χ1) is 15.3. The molecule has 0 aliphatic carbocycles. The van der Waals surface area contributed by atoms with Crippen molar-refractivity contribution in [3.8, 4) is 11.5 Å². The Morgan fingerprint density at radius 3 is 2.56 bits per heavy atom. The van der Waals surface area contributed by atoms with Crippen LogP contribution >= 0.6 is 11.3 Å². The smallest absolute Gasteiger partial charge is 0.311 e. The molecule has 1 aromatic carbocycles. The second-order valence-corrected chi connectivity index (χ2v) is 10.0. The Balaban J connectivity index is 1.52. The number of sulfonamides is 1. The van der Waals surface area contributed by atoms with E-state index >= 15 is 0 Å². The predicted octanol–water partition coefficient (Wildman–Crippen LogP) is 1.51. The van der Waals surface area contributed by atoms with Crippen molar-refractivity contribution in [3.05, 3.63) is 35.2 Å². The first kappa shape index (κ1) is 24.0. The molecule has 3 rings (SSSR count). The number of esters is 1. The van der Waals surface area contributed by atoms with Gasteiger partial charge in [0.2, 0.25) is 0 Å².